The minimum Gasteiger partial charge on any atom is -0.338 e. The molecule has 2 aromatic carbocycles. The van der Waals surface area contributed by atoms with Crippen molar-refractivity contribution in [3.63, 3.8) is 0 Å². The number of aromatic nitrogens is 2. The zero-order chi connectivity index (χ0) is 21.9. The molecule has 6 heteroatoms. The lowest BCUT2D eigenvalue weighted by Crippen LogP contribution is -2.40. The van der Waals surface area contributed by atoms with Crippen LogP contribution in [-0.2, 0) is 6.54 Å². The lowest BCUT2D eigenvalue weighted by Gasteiger charge is -2.33. The van der Waals surface area contributed by atoms with E-state index in [-0.39, 0.29) is 17.6 Å². The van der Waals surface area contributed by atoms with Crippen LogP contribution in [0.25, 0.3) is 11.1 Å². The molecule has 1 aromatic heterocycles. The Morgan fingerprint density at radius 2 is 1.81 bits per heavy atom. The standard InChI is InChI=1S/C26H29FN4O/c27-22-11-9-19(10-12-22)24-16-28-29-25(24)21-7-5-15-31(18-21)26(32)23-8-2-1-6-20(23)17-30-13-3-4-14-30/h1-2,6,8-12,16,21H,3-5,7,13-15,17-18H2,(H,28,29)/t21-/m1/s1. The van der Waals surface area contributed by atoms with Crippen molar-refractivity contribution < 1.29 is 9.18 Å². The molecule has 1 atom stereocenters. The van der Waals surface area contributed by atoms with Crippen LogP contribution in [0.2, 0.25) is 0 Å². The van der Waals surface area contributed by atoms with Crippen LogP contribution in [0, 0.1) is 5.82 Å². The summed E-state index contributed by atoms with van der Waals surface area (Å²) in [5.74, 6) is 0.0502. The van der Waals surface area contributed by atoms with Gasteiger partial charge in [-0.25, -0.2) is 4.39 Å². The van der Waals surface area contributed by atoms with E-state index in [1.54, 1.807) is 18.3 Å². The van der Waals surface area contributed by atoms with Crippen molar-refractivity contribution in [1.29, 1.82) is 0 Å². The molecule has 0 bridgehead atoms. The molecule has 0 saturated carbocycles. The fraction of sp³-hybridized carbons (Fsp3) is 0.385. The van der Waals surface area contributed by atoms with Gasteiger partial charge in [-0.15, -0.1) is 0 Å². The molecule has 1 N–H and O–H groups in total. The number of rotatable bonds is 5. The van der Waals surface area contributed by atoms with Gasteiger partial charge in [-0.3, -0.25) is 14.8 Å². The predicted octanol–water partition coefficient (Wildman–Crippen LogP) is 4.83. The van der Waals surface area contributed by atoms with Gasteiger partial charge in [0.15, 0.2) is 0 Å². The van der Waals surface area contributed by atoms with Gasteiger partial charge in [0.25, 0.3) is 5.91 Å². The number of carbonyl (C=O) groups excluding carboxylic acids is 1. The summed E-state index contributed by atoms with van der Waals surface area (Å²) < 4.78 is 13.4. The lowest BCUT2D eigenvalue weighted by molar-refractivity contribution is 0.0704. The van der Waals surface area contributed by atoms with E-state index in [4.69, 9.17) is 0 Å². The largest absolute Gasteiger partial charge is 0.338 e. The zero-order valence-electron chi connectivity index (χ0n) is 18.3. The van der Waals surface area contributed by atoms with E-state index in [0.717, 1.165) is 67.0 Å². The molecule has 2 aliphatic rings. The molecular formula is C26H29FN4O. The highest BCUT2D eigenvalue weighted by atomic mass is 19.1. The Morgan fingerprint density at radius 3 is 2.62 bits per heavy atom. The molecule has 3 heterocycles. The summed E-state index contributed by atoms with van der Waals surface area (Å²) in [5, 5.41) is 7.43. The Labute approximate surface area is 188 Å². The van der Waals surface area contributed by atoms with Crippen molar-refractivity contribution in [3.05, 3.63) is 77.4 Å². The monoisotopic (exact) mass is 432 g/mol. The minimum absolute atomic E-state index is 0.118. The molecule has 0 aliphatic carbocycles. The Kier molecular flexibility index (Phi) is 6.04. The number of piperidine rings is 1. The van der Waals surface area contributed by atoms with Gasteiger partial charge in [-0.1, -0.05) is 30.3 Å². The molecule has 0 unspecified atom stereocenters. The first-order chi connectivity index (χ1) is 15.7. The van der Waals surface area contributed by atoms with Gasteiger partial charge in [-0.2, -0.15) is 5.10 Å². The van der Waals surface area contributed by atoms with Crippen LogP contribution in [0.3, 0.4) is 0 Å². The third-order valence-corrected chi connectivity index (χ3v) is 6.78. The van der Waals surface area contributed by atoms with E-state index in [0.29, 0.717) is 6.54 Å². The maximum absolute atomic E-state index is 13.5. The number of H-pyrrole nitrogens is 1. The van der Waals surface area contributed by atoms with E-state index in [2.05, 4.69) is 21.2 Å². The highest BCUT2D eigenvalue weighted by molar-refractivity contribution is 5.95. The van der Waals surface area contributed by atoms with Crippen LogP contribution in [-0.4, -0.2) is 52.1 Å². The molecule has 2 fully saturated rings. The SMILES string of the molecule is O=C(c1ccccc1CN1CCCC1)N1CCC[C@@H](c2[nH]ncc2-c2ccc(F)cc2)C1. The van der Waals surface area contributed by atoms with Crippen LogP contribution in [0.5, 0.6) is 0 Å². The Hall–Kier alpha value is -2.99. The predicted molar refractivity (Wildman–Crippen MR) is 123 cm³/mol. The molecular weight excluding hydrogens is 403 g/mol. The summed E-state index contributed by atoms with van der Waals surface area (Å²) >= 11 is 0. The topological polar surface area (TPSA) is 52.2 Å². The van der Waals surface area contributed by atoms with E-state index in [1.807, 2.05) is 23.1 Å². The maximum atomic E-state index is 13.5. The van der Waals surface area contributed by atoms with Gasteiger partial charge in [0.05, 0.1) is 6.20 Å². The highest BCUT2D eigenvalue weighted by Gasteiger charge is 2.29. The van der Waals surface area contributed by atoms with Crippen molar-refractivity contribution in [1.82, 2.24) is 20.0 Å². The van der Waals surface area contributed by atoms with E-state index in [9.17, 15) is 9.18 Å². The van der Waals surface area contributed by atoms with Crippen molar-refractivity contribution in [2.24, 2.45) is 0 Å². The lowest BCUT2D eigenvalue weighted by atomic mass is 9.90. The van der Waals surface area contributed by atoms with Gasteiger partial charge < -0.3 is 4.90 Å². The van der Waals surface area contributed by atoms with Gasteiger partial charge in [-0.05, 0) is 68.1 Å². The quantitative estimate of drug-likeness (QED) is 0.628. The van der Waals surface area contributed by atoms with E-state index < -0.39 is 0 Å². The van der Waals surface area contributed by atoms with E-state index in [1.165, 1.54) is 25.0 Å². The number of carbonyl (C=O) groups is 1. The normalized spacial score (nSPS) is 19.4. The van der Waals surface area contributed by atoms with Crippen LogP contribution >= 0.6 is 0 Å². The smallest absolute Gasteiger partial charge is 0.254 e. The van der Waals surface area contributed by atoms with Gasteiger partial charge in [0.1, 0.15) is 5.82 Å². The zero-order valence-corrected chi connectivity index (χ0v) is 18.3. The first-order valence-corrected chi connectivity index (χ1v) is 11.6. The van der Waals surface area contributed by atoms with Gasteiger partial charge >= 0.3 is 0 Å². The molecule has 5 nitrogen and oxygen atoms in total. The molecule has 166 valence electrons. The van der Waals surface area contributed by atoms with Crippen LogP contribution in [0.1, 0.15) is 53.2 Å². The van der Waals surface area contributed by atoms with Crippen LogP contribution < -0.4 is 0 Å². The van der Waals surface area contributed by atoms with Crippen molar-refractivity contribution in [2.75, 3.05) is 26.2 Å². The Morgan fingerprint density at radius 1 is 1.03 bits per heavy atom. The number of benzene rings is 2. The number of hydrogen-bond acceptors (Lipinski definition) is 3. The molecule has 2 aliphatic heterocycles. The fourth-order valence-electron chi connectivity index (χ4n) is 5.08. The summed E-state index contributed by atoms with van der Waals surface area (Å²) in [5.41, 5.74) is 4.89. The average Bonchev–Trinajstić information content (AvgIpc) is 3.52. The third-order valence-electron chi connectivity index (χ3n) is 6.78. The molecule has 2 saturated heterocycles. The molecule has 32 heavy (non-hydrogen) atoms. The Bertz CT molecular complexity index is 1070. The first kappa shape index (κ1) is 20.9. The molecule has 1 amide bonds. The maximum Gasteiger partial charge on any atom is 0.254 e. The number of aromatic amines is 1. The number of halogens is 1. The Balaban J connectivity index is 1.35. The van der Waals surface area contributed by atoms with Crippen molar-refractivity contribution >= 4 is 5.91 Å². The summed E-state index contributed by atoms with van der Waals surface area (Å²) in [6.45, 7) is 4.50. The summed E-state index contributed by atoms with van der Waals surface area (Å²) in [4.78, 5) is 18.0. The first-order valence-electron chi connectivity index (χ1n) is 11.6. The number of nitrogens with zero attached hydrogens (tertiary/aromatic N) is 3. The molecule has 5 rings (SSSR count). The number of amides is 1. The average molecular weight is 433 g/mol. The molecule has 0 spiro atoms. The molecule has 3 aromatic rings. The van der Waals surface area contributed by atoms with Crippen LogP contribution in [0.4, 0.5) is 4.39 Å². The second-order valence-electron chi connectivity index (χ2n) is 8.93. The minimum atomic E-state index is -0.249. The van der Waals surface area contributed by atoms with E-state index >= 15 is 0 Å². The summed E-state index contributed by atoms with van der Waals surface area (Å²) in [6.07, 6.45) is 6.23. The fourth-order valence-corrected chi connectivity index (χ4v) is 5.08. The van der Waals surface area contributed by atoms with Gasteiger partial charge in [0, 0.05) is 42.4 Å². The van der Waals surface area contributed by atoms with Crippen molar-refractivity contribution in [3.8, 4) is 11.1 Å². The number of nitrogens with one attached hydrogen (secondary N) is 1. The number of likely N-dealkylation sites (tertiary alicyclic amines) is 2. The van der Waals surface area contributed by atoms with Gasteiger partial charge in [0.2, 0.25) is 0 Å². The summed E-state index contributed by atoms with van der Waals surface area (Å²) in [7, 11) is 0. The third kappa shape index (κ3) is 4.32. The highest BCUT2D eigenvalue weighted by Crippen LogP contribution is 2.33. The van der Waals surface area contributed by atoms with Crippen LogP contribution in [0.15, 0.2) is 54.7 Å². The molecule has 0 radical (unpaired) electrons. The summed E-state index contributed by atoms with van der Waals surface area (Å²) in [6, 6.07) is 14.6. The second-order valence-corrected chi connectivity index (χ2v) is 8.93. The second kappa shape index (κ2) is 9.25. The van der Waals surface area contributed by atoms with Crippen molar-refractivity contribution in [2.45, 2.75) is 38.1 Å². The number of hydrogen-bond donors (Lipinski definition) is 1.